The quantitative estimate of drug-likeness (QED) is 0.850. The van der Waals surface area contributed by atoms with Gasteiger partial charge in [0, 0.05) is 18.8 Å². The molecule has 0 aromatic heterocycles. The second-order valence-corrected chi connectivity index (χ2v) is 5.08. The Morgan fingerprint density at radius 1 is 1.25 bits per heavy atom. The van der Waals surface area contributed by atoms with Gasteiger partial charge in [0.05, 0.1) is 11.1 Å². The zero-order valence-corrected chi connectivity index (χ0v) is 11.4. The molecule has 1 aromatic rings. The van der Waals surface area contributed by atoms with E-state index in [1.54, 1.807) is 17.0 Å². The third kappa shape index (κ3) is 3.07. The summed E-state index contributed by atoms with van der Waals surface area (Å²) < 4.78 is 0. The minimum absolute atomic E-state index is 0.148. The molecular formula is C15H16N4O. The highest BCUT2D eigenvalue weighted by molar-refractivity contribution is 5.89. The van der Waals surface area contributed by atoms with E-state index in [1.165, 1.54) is 6.07 Å². The molecule has 2 amide bonds. The number of benzene rings is 1. The fourth-order valence-electron chi connectivity index (χ4n) is 2.23. The highest BCUT2D eigenvalue weighted by atomic mass is 16.2. The molecule has 5 heteroatoms. The maximum Gasteiger partial charge on any atom is 0.321 e. The Morgan fingerprint density at radius 3 is 2.50 bits per heavy atom. The largest absolute Gasteiger partial charge is 0.325 e. The van der Waals surface area contributed by atoms with Gasteiger partial charge in [-0.1, -0.05) is 6.92 Å². The van der Waals surface area contributed by atoms with Gasteiger partial charge in [-0.2, -0.15) is 10.5 Å². The lowest BCUT2D eigenvalue weighted by atomic mass is 10.00. The summed E-state index contributed by atoms with van der Waals surface area (Å²) in [4.78, 5) is 13.9. The number of nitriles is 2. The van der Waals surface area contributed by atoms with Gasteiger partial charge in [0.2, 0.25) is 0 Å². The maximum absolute atomic E-state index is 12.1. The zero-order valence-electron chi connectivity index (χ0n) is 11.4. The smallest absolute Gasteiger partial charge is 0.321 e. The van der Waals surface area contributed by atoms with Gasteiger partial charge in [0.1, 0.15) is 12.1 Å². The molecule has 0 atom stereocenters. The van der Waals surface area contributed by atoms with Crippen molar-refractivity contribution in [3.8, 4) is 12.1 Å². The first-order valence-corrected chi connectivity index (χ1v) is 6.64. The Bertz CT molecular complexity index is 589. The standard InChI is InChI=1S/C15H16N4O/c1-11-4-6-19(7-5-11)15(20)18-14-3-2-12(9-16)13(8-14)10-17/h2-3,8,11H,4-7H2,1H3,(H,18,20). The number of nitrogens with zero attached hydrogens (tertiary/aromatic N) is 3. The van der Waals surface area contributed by atoms with Crippen molar-refractivity contribution in [2.45, 2.75) is 19.8 Å². The van der Waals surface area contributed by atoms with Crippen LogP contribution in [0.5, 0.6) is 0 Å². The number of piperidine rings is 1. The van der Waals surface area contributed by atoms with Gasteiger partial charge in [0.15, 0.2) is 0 Å². The average molecular weight is 268 g/mol. The van der Waals surface area contributed by atoms with E-state index >= 15 is 0 Å². The van der Waals surface area contributed by atoms with Gasteiger partial charge < -0.3 is 10.2 Å². The van der Waals surface area contributed by atoms with Gasteiger partial charge in [-0.15, -0.1) is 0 Å². The SMILES string of the molecule is CC1CCN(C(=O)Nc2ccc(C#N)c(C#N)c2)CC1. The summed E-state index contributed by atoms with van der Waals surface area (Å²) in [6.45, 7) is 3.71. The van der Waals surface area contributed by atoms with Crippen molar-refractivity contribution in [3.05, 3.63) is 29.3 Å². The third-order valence-electron chi connectivity index (χ3n) is 3.58. The maximum atomic E-state index is 12.1. The number of amides is 2. The molecule has 1 fully saturated rings. The lowest BCUT2D eigenvalue weighted by Crippen LogP contribution is -2.40. The lowest BCUT2D eigenvalue weighted by Gasteiger charge is -2.30. The molecule has 5 nitrogen and oxygen atoms in total. The van der Waals surface area contributed by atoms with E-state index in [4.69, 9.17) is 10.5 Å². The Hall–Kier alpha value is -2.53. The van der Waals surface area contributed by atoms with Gasteiger partial charge in [-0.05, 0) is 37.0 Å². The summed E-state index contributed by atoms with van der Waals surface area (Å²) in [7, 11) is 0. The molecule has 0 aliphatic carbocycles. The predicted molar refractivity (Wildman–Crippen MR) is 74.9 cm³/mol. The number of carbonyl (C=O) groups is 1. The fraction of sp³-hybridized carbons (Fsp3) is 0.400. The number of anilines is 1. The summed E-state index contributed by atoms with van der Waals surface area (Å²) in [6.07, 6.45) is 2.04. The van der Waals surface area contributed by atoms with E-state index in [1.807, 2.05) is 12.1 Å². The van der Waals surface area contributed by atoms with Crippen LogP contribution < -0.4 is 5.32 Å². The van der Waals surface area contributed by atoms with E-state index < -0.39 is 0 Å². The lowest BCUT2D eigenvalue weighted by molar-refractivity contribution is 0.186. The van der Waals surface area contributed by atoms with Crippen LogP contribution in [-0.4, -0.2) is 24.0 Å². The summed E-state index contributed by atoms with van der Waals surface area (Å²) in [5, 5.41) is 20.6. The third-order valence-corrected chi connectivity index (χ3v) is 3.58. The fourth-order valence-corrected chi connectivity index (χ4v) is 2.23. The molecule has 0 radical (unpaired) electrons. The topological polar surface area (TPSA) is 79.9 Å². The molecule has 1 aliphatic heterocycles. The number of likely N-dealkylation sites (tertiary alicyclic amines) is 1. The van der Waals surface area contributed by atoms with Crippen molar-refractivity contribution in [2.75, 3.05) is 18.4 Å². The van der Waals surface area contributed by atoms with Gasteiger partial charge in [-0.25, -0.2) is 4.79 Å². The van der Waals surface area contributed by atoms with E-state index in [2.05, 4.69) is 12.2 Å². The second-order valence-electron chi connectivity index (χ2n) is 5.08. The Balaban J connectivity index is 2.05. The number of urea groups is 1. The molecule has 2 rings (SSSR count). The van der Waals surface area contributed by atoms with Crippen LogP contribution in [0, 0.1) is 28.6 Å². The Labute approximate surface area is 118 Å². The predicted octanol–water partition coefficient (Wildman–Crippen LogP) is 2.69. The summed E-state index contributed by atoms with van der Waals surface area (Å²) >= 11 is 0. The molecule has 102 valence electrons. The van der Waals surface area contributed by atoms with Crippen LogP contribution in [0.2, 0.25) is 0 Å². The highest BCUT2D eigenvalue weighted by Crippen LogP contribution is 2.18. The van der Waals surface area contributed by atoms with E-state index in [0.29, 0.717) is 17.2 Å². The zero-order chi connectivity index (χ0) is 14.5. The molecule has 0 bridgehead atoms. The summed E-state index contributed by atoms with van der Waals surface area (Å²) in [5.74, 6) is 0.666. The van der Waals surface area contributed by atoms with E-state index in [0.717, 1.165) is 25.9 Å². The van der Waals surface area contributed by atoms with Gasteiger partial charge in [0.25, 0.3) is 0 Å². The normalized spacial score (nSPS) is 15.2. The van der Waals surface area contributed by atoms with Crippen LogP contribution >= 0.6 is 0 Å². The average Bonchev–Trinajstić information content (AvgIpc) is 2.47. The molecule has 1 aromatic carbocycles. The van der Waals surface area contributed by atoms with Crippen molar-refractivity contribution in [2.24, 2.45) is 5.92 Å². The van der Waals surface area contributed by atoms with Crippen LogP contribution in [0.3, 0.4) is 0 Å². The van der Waals surface area contributed by atoms with Crippen LogP contribution in [-0.2, 0) is 0 Å². The first kappa shape index (κ1) is 13.9. The number of carbonyl (C=O) groups excluding carboxylic acids is 1. The first-order valence-electron chi connectivity index (χ1n) is 6.64. The van der Waals surface area contributed by atoms with Gasteiger partial charge >= 0.3 is 6.03 Å². The number of hydrogen-bond donors (Lipinski definition) is 1. The Kier molecular flexibility index (Phi) is 4.22. The van der Waals surface area contributed by atoms with Gasteiger partial charge in [-0.3, -0.25) is 0 Å². The number of hydrogen-bond acceptors (Lipinski definition) is 3. The molecule has 0 saturated carbocycles. The van der Waals surface area contributed by atoms with Crippen molar-refractivity contribution in [1.29, 1.82) is 10.5 Å². The molecule has 1 N–H and O–H groups in total. The minimum atomic E-state index is -0.148. The molecule has 1 aliphatic rings. The van der Waals surface area contributed by atoms with Crippen LogP contribution in [0.25, 0.3) is 0 Å². The first-order chi connectivity index (χ1) is 9.63. The molecule has 0 spiro atoms. The second kappa shape index (κ2) is 6.08. The highest BCUT2D eigenvalue weighted by Gasteiger charge is 2.20. The molecule has 1 saturated heterocycles. The van der Waals surface area contributed by atoms with Crippen molar-refractivity contribution in [1.82, 2.24) is 4.90 Å². The van der Waals surface area contributed by atoms with E-state index in [-0.39, 0.29) is 11.6 Å². The molecular weight excluding hydrogens is 252 g/mol. The number of rotatable bonds is 1. The molecule has 0 unspecified atom stereocenters. The van der Waals surface area contributed by atoms with Crippen molar-refractivity contribution < 1.29 is 4.79 Å². The van der Waals surface area contributed by atoms with Crippen LogP contribution in [0.4, 0.5) is 10.5 Å². The molecule has 20 heavy (non-hydrogen) atoms. The van der Waals surface area contributed by atoms with Crippen LogP contribution in [0.15, 0.2) is 18.2 Å². The summed E-state index contributed by atoms with van der Waals surface area (Å²) in [5.41, 5.74) is 1.14. The van der Waals surface area contributed by atoms with Crippen molar-refractivity contribution in [3.63, 3.8) is 0 Å². The summed E-state index contributed by atoms with van der Waals surface area (Å²) in [6, 6.07) is 8.48. The minimum Gasteiger partial charge on any atom is -0.325 e. The Morgan fingerprint density at radius 2 is 1.90 bits per heavy atom. The monoisotopic (exact) mass is 268 g/mol. The van der Waals surface area contributed by atoms with E-state index in [9.17, 15) is 4.79 Å². The molecule has 1 heterocycles. The number of nitrogens with one attached hydrogen (secondary N) is 1. The van der Waals surface area contributed by atoms with Crippen LogP contribution in [0.1, 0.15) is 30.9 Å². The van der Waals surface area contributed by atoms with Crippen molar-refractivity contribution >= 4 is 11.7 Å².